The SMILES string of the molecule is Cc1ccc(CN2CC3(CCC(CNC(=O)N4CCCC4)CO3)C2)cc1. The molecule has 1 N–H and O–H groups in total. The Kier molecular flexibility index (Phi) is 5.18. The molecular weight excluding hydrogens is 326 g/mol. The van der Waals surface area contributed by atoms with Crippen LogP contribution in [-0.4, -0.2) is 60.8 Å². The van der Waals surface area contributed by atoms with Gasteiger partial charge in [-0.2, -0.15) is 0 Å². The highest BCUT2D eigenvalue weighted by molar-refractivity contribution is 5.74. The number of nitrogens with one attached hydrogen (secondary N) is 1. The summed E-state index contributed by atoms with van der Waals surface area (Å²) in [5.41, 5.74) is 2.76. The van der Waals surface area contributed by atoms with E-state index in [9.17, 15) is 4.79 Å². The first kappa shape index (κ1) is 17.8. The molecule has 142 valence electrons. The van der Waals surface area contributed by atoms with Gasteiger partial charge in [-0.25, -0.2) is 4.79 Å². The zero-order chi connectivity index (χ0) is 18.0. The molecular formula is C21H31N3O2. The molecule has 0 aromatic heterocycles. The number of hydrogen-bond donors (Lipinski definition) is 1. The molecule has 1 atom stereocenters. The van der Waals surface area contributed by atoms with E-state index >= 15 is 0 Å². The number of rotatable bonds is 4. The van der Waals surface area contributed by atoms with Gasteiger partial charge in [0.05, 0.1) is 12.2 Å². The quantitative estimate of drug-likeness (QED) is 0.901. The van der Waals surface area contributed by atoms with E-state index in [2.05, 4.69) is 41.4 Å². The van der Waals surface area contributed by atoms with Crippen molar-refractivity contribution in [2.24, 2.45) is 5.92 Å². The zero-order valence-corrected chi connectivity index (χ0v) is 15.9. The van der Waals surface area contributed by atoms with Crippen LogP contribution in [0.1, 0.15) is 36.8 Å². The maximum atomic E-state index is 12.1. The third-order valence-corrected chi connectivity index (χ3v) is 6.12. The molecule has 0 aliphatic carbocycles. The fourth-order valence-corrected chi connectivity index (χ4v) is 4.42. The molecule has 0 saturated carbocycles. The molecule has 1 unspecified atom stereocenters. The predicted octanol–water partition coefficient (Wildman–Crippen LogP) is 2.78. The van der Waals surface area contributed by atoms with Crippen molar-refractivity contribution in [3.63, 3.8) is 0 Å². The van der Waals surface area contributed by atoms with E-state index in [0.717, 1.165) is 71.6 Å². The van der Waals surface area contributed by atoms with Crippen LogP contribution in [0, 0.1) is 12.8 Å². The maximum Gasteiger partial charge on any atom is 0.317 e. The molecule has 2 amide bonds. The van der Waals surface area contributed by atoms with Gasteiger partial charge in [-0.3, -0.25) is 4.90 Å². The van der Waals surface area contributed by atoms with Crippen LogP contribution in [0.15, 0.2) is 24.3 Å². The van der Waals surface area contributed by atoms with Gasteiger partial charge >= 0.3 is 6.03 Å². The van der Waals surface area contributed by atoms with Crippen molar-refractivity contribution in [2.75, 3.05) is 39.3 Å². The van der Waals surface area contributed by atoms with E-state index in [1.165, 1.54) is 11.1 Å². The van der Waals surface area contributed by atoms with Crippen LogP contribution in [0.25, 0.3) is 0 Å². The number of ether oxygens (including phenoxy) is 1. The summed E-state index contributed by atoms with van der Waals surface area (Å²) in [6, 6.07) is 8.92. The lowest BCUT2D eigenvalue weighted by molar-refractivity contribution is -0.181. The van der Waals surface area contributed by atoms with Crippen LogP contribution in [-0.2, 0) is 11.3 Å². The van der Waals surface area contributed by atoms with Gasteiger partial charge in [0.2, 0.25) is 0 Å². The lowest BCUT2D eigenvalue weighted by Gasteiger charge is -2.53. The second kappa shape index (κ2) is 7.57. The largest absolute Gasteiger partial charge is 0.372 e. The summed E-state index contributed by atoms with van der Waals surface area (Å²) in [7, 11) is 0. The van der Waals surface area contributed by atoms with Crippen molar-refractivity contribution < 1.29 is 9.53 Å². The molecule has 5 heteroatoms. The first-order chi connectivity index (χ1) is 12.6. The summed E-state index contributed by atoms with van der Waals surface area (Å²) in [6.45, 7) is 8.56. The van der Waals surface area contributed by atoms with Crippen molar-refractivity contribution >= 4 is 6.03 Å². The van der Waals surface area contributed by atoms with E-state index in [1.807, 2.05) is 4.90 Å². The van der Waals surface area contributed by atoms with Crippen molar-refractivity contribution in [1.29, 1.82) is 0 Å². The normalized spacial score (nSPS) is 25.3. The van der Waals surface area contributed by atoms with Crippen LogP contribution >= 0.6 is 0 Å². The van der Waals surface area contributed by atoms with Crippen molar-refractivity contribution in [3.8, 4) is 0 Å². The molecule has 1 spiro atoms. The van der Waals surface area contributed by atoms with Crippen molar-refractivity contribution in [2.45, 2.75) is 44.8 Å². The molecule has 3 fully saturated rings. The van der Waals surface area contributed by atoms with Crippen LogP contribution in [0.2, 0.25) is 0 Å². The summed E-state index contributed by atoms with van der Waals surface area (Å²) in [4.78, 5) is 16.5. The Morgan fingerprint density at radius 2 is 1.96 bits per heavy atom. The lowest BCUT2D eigenvalue weighted by Crippen LogP contribution is -2.64. The van der Waals surface area contributed by atoms with Gasteiger partial charge in [0.15, 0.2) is 0 Å². The number of amides is 2. The smallest absolute Gasteiger partial charge is 0.317 e. The molecule has 3 heterocycles. The highest BCUT2D eigenvalue weighted by Gasteiger charge is 2.46. The van der Waals surface area contributed by atoms with Gasteiger partial charge in [-0.1, -0.05) is 29.8 Å². The topological polar surface area (TPSA) is 44.8 Å². The molecule has 3 saturated heterocycles. The predicted molar refractivity (Wildman–Crippen MR) is 102 cm³/mol. The van der Waals surface area contributed by atoms with Gasteiger partial charge in [0.1, 0.15) is 0 Å². The molecule has 5 nitrogen and oxygen atoms in total. The molecule has 1 aromatic rings. The lowest BCUT2D eigenvalue weighted by atomic mass is 9.82. The summed E-state index contributed by atoms with van der Waals surface area (Å²) in [6.07, 6.45) is 4.55. The number of benzene rings is 1. The van der Waals surface area contributed by atoms with Crippen molar-refractivity contribution in [3.05, 3.63) is 35.4 Å². The average molecular weight is 357 g/mol. The number of aryl methyl sites for hydroxylation is 1. The van der Waals surface area contributed by atoms with Gasteiger partial charge < -0.3 is 15.0 Å². The number of carbonyl (C=O) groups excluding carboxylic acids is 1. The monoisotopic (exact) mass is 357 g/mol. The minimum Gasteiger partial charge on any atom is -0.372 e. The van der Waals surface area contributed by atoms with Gasteiger partial charge in [0, 0.05) is 39.3 Å². The Labute approximate surface area is 156 Å². The minimum absolute atomic E-state index is 0.0696. The second-order valence-corrected chi connectivity index (χ2v) is 8.41. The highest BCUT2D eigenvalue weighted by atomic mass is 16.5. The summed E-state index contributed by atoms with van der Waals surface area (Å²) in [5, 5.41) is 3.10. The maximum absolute atomic E-state index is 12.1. The fraction of sp³-hybridized carbons (Fsp3) is 0.667. The molecule has 26 heavy (non-hydrogen) atoms. The third-order valence-electron chi connectivity index (χ3n) is 6.12. The Morgan fingerprint density at radius 1 is 1.23 bits per heavy atom. The molecule has 3 aliphatic rings. The van der Waals surface area contributed by atoms with Gasteiger partial charge in [-0.15, -0.1) is 0 Å². The standard InChI is InChI=1S/C21H31N3O2/c1-17-4-6-18(7-5-17)13-23-15-21(16-23)9-8-19(14-26-21)12-22-20(25)24-10-2-3-11-24/h4-7,19H,2-3,8-16H2,1H3,(H,22,25). The molecule has 0 radical (unpaired) electrons. The van der Waals surface area contributed by atoms with E-state index < -0.39 is 0 Å². The summed E-state index contributed by atoms with van der Waals surface area (Å²) < 4.78 is 6.25. The average Bonchev–Trinajstić information content (AvgIpc) is 3.16. The molecule has 0 bridgehead atoms. The Bertz CT molecular complexity index is 609. The Hall–Kier alpha value is -1.59. The Morgan fingerprint density at radius 3 is 2.62 bits per heavy atom. The highest BCUT2D eigenvalue weighted by Crippen LogP contribution is 2.36. The van der Waals surface area contributed by atoms with Gasteiger partial charge in [0.25, 0.3) is 0 Å². The number of hydrogen-bond acceptors (Lipinski definition) is 3. The van der Waals surface area contributed by atoms with E-state index in [4.69, 9.17) is 4.74 Å². The van der Waals surface area contributed by atoms with Crippen LogP contribution in [0.3, 0.4) is 0 Å². The molecule has 3 aliphatic heterocycles. The number of carbonyl (C=O) groups is 1. The zero-order valence-electron chi connectivity index (χ0n) is 15.9. The first-order valence-corrected chi connectivity index (χ1v) is 10.1. The van der Waals surface area contributed by atoms with Crippen LogP contribution < -0.4 is 5.32 Å². The molecule has 1 aromatic carbocycles. The van der Waals surface area contributed by atoms with E-state index in [1.54, 1.807) is 0 Å². The second-order valence-electron chi connectivity index (χ2n) is 8.41. The van der Waals surface area contributed by atoms with Gasteiger partial charge in [-0.05, 0) is 44.1 Å². The number of nitrogens with zero attached hydrogens (tertiary/aromatic N) is 2. The van der Waals surface area contributed by atoms with Crippen LogP contribution in [0.4, 0.5) is 4.79 Å². The van der Waals surface area contributed by atoms with Crippen molar-refractivity contribution in [1.82, 2.24) is 15.1 Å². The Balaban J connectivity index is 1.16. The first-order valence-electron chi connectivity index (χ1n) is 10.1. The number of likely N-dealkylation sites (tertiary alicyclic amines) is 2. The fourth-order valence-electron chi connectivity index (χ4n) is 4.42. The minimum atomic E-state index is 0.0696. The number of urea groups is 1. The van der Waals surface area contributed by atoms with E-state index in [-0.39, 0.29) is 11.6 Å². The van der Waals surface area contributed by atoms with Crippen LogP contribution in [0.5, 0.6) is 0 Å². The third kappa shape index (κ3) is 4.04. The molecule has 4 rings (SSSR count). The summed E-state index contributed by atoms with van der Waals surface area (Å²) in [5.74, 6) is 0.457. The summed E-state index contributed by atoms with van der Waals surface area (Å²) >= 11 is 0. The van der Waals surface area contributed by atoms with E-state index in [0.29, 0.717) is 5.92 Å².